The Labute approximate surface area is 135 Å². The molecule has 124 valence electrons. The number of aryl methyl sites for hydroxylation is 2. The molecule has 1 aromatic heterocycles. The van der Waals surface area contributed by atoms with Gasteiger partial charge in [0.05, 0.1) is 13.2 Å². The first-order valence-electron chi connectivity index (χ1n) is 7.43. The third-order valence-corrected chi connectivity index (χ3v) is 3.47. The number of nitrogens with one attached hydrogen (secondary N) is 2. The van der Waals surface area contributed by atoms with E-state index in [1.807, 2.05) is 19.9 Å². The van der Waals surface area contributed by atoms with Crippen molar-refractivity contribution in [2.24, 2.45) is 0 Å². The number of hydrogen-bond acceptors (Lipinski definition) is 4. The number of carbonyl (C=O) groups is 1. The molecule has 0 aliphatic carbocycles. The monoisotopic (exact) mass is 318 g/mol. The van der Waals surface area contributed by atoms with Crippen molar-refractivity contribution in [3.63, 3.8) is 0 Å². The normalized spacial score (nSPS) is 11.8. The highest BCUT2D eigenvalue weighted by molar-refractivity contribution is 5.89. The molecule has 0 spiro atoms. The molecule has 3 N–H and O–H groups in total. The summed E-state index contributed by atoms with van der Waals surface area (Å²) in [5.74, 6) is 2.14. The SMILES string of the molecule is COc1cccc(NC(=O)NCCC(O)c2cc(C)oc2C)c1. The van der Waals surface area contributed by atoms with Gasteiger partial charge in [0.25, 0.3) is 0 Å². The van der Waals surface area contributed by atoms with E-state index in [0.717, 1.165) is 11.3 Å². The quantitative estimate of drug-likeness (QED) is 0.764. The number of hydrogen-bond donors (Lipinski definition) is 3. The van der Waals surface area contributed by atoms with Gasteiger partial charge in [-0.3, -0.25) is 0 Å². The Morgan fingerprint density at radius 3 is 2.78 bits per heavy atom. The summed E-state index contributed by atoms with van der Waals surface area (Å²) < 4.78 is 10.5. The lowest BCUT2D eigenvalue weighted by atomic mass is 10.1. The molecule has 2 amide bonds. The number of benzene rings is 1. The Balaban J connectivity index is 1.79. The first-order valence-corrected chi connectivity index (χ1v) is 7.43. The summed E-state index contributed by atoms with van der Waals surface area (Å²) in [4.78, 5) is 11.8. The van der Waals surface area contributed by atoms with Crippen LogP contribution in [0.4, 0.5) is 10.5 Å². The minimum absolute atomic E-state index is 0.328. The molecule has 0 fully saturated rings. The molecule has 1 atom stereocenters. The van der Waals surface area contributed by atoms with Crippen LogP contribution in [0.15, 0.2) is 34.7 Å². The van der Waals surface area contributed by atoms with Crippen LogP contribution in [0.3, 0.4) is 0 Å². The summed E-state index contributed by atoms with van der Waals surface area (Å²) in [6.07, 6.45) is -0.254. The topological polar surface area (TPSA) is 83.7 Å². The van der Waals surface area contributed by atoms with Crippen LogP contribution in [0, 0.1) is 13.8 Å². The van der Waals surface area contributed by atoms with Crippen molar-refractivity contribution in [3.05, 3.63) is 47.4 Å². The van der Waals surface area contributed by atoms with Crippen LogP contribution in [0.25, 0.3) is 0 Å². The average molecular weight is 318 g/mol. The van der Waals surface area contributed by atoms with Crippen LogP contribution in [0.2, 0.25) is 0 Å². The number of ether oxygens (including phenoxy) is 1. The first-order chi connectivity index (χ1) is 11.0. The Kier molecular flexibility index (Phi) is 5.65. The smallest absolute Gasteiger partial charge is 0.319 e. The number of amides is 2. The van der Waals surface area contributed by atoms with E-state index >= 15 is 0 Å². The molecule has 1 heterocycles. The number of urea groups is 1. The van der Waals surface area contributed by atoms with Gasteiger partial charge in [-0.25, -0.2) is 4.79 Å². The zero-order chi connectivity index (χ0) is 16.8. The van der Waals surface area contributed by atoms with Crippen LogP contribution in [0.1, 0.15) is 29.6 Å². The minimum atomic E-state index is -0.662. The number of anilines is 1. The van der Waals surface area contributed by atoms with Crippen molar-refractivity contribution in [3.8, 4) is 5.75 Å². The molecule has 0 aliphatic rings. The van der Waals surface area contributed by atoms with Gasteiger partial charge in [-0.15, -0.1) is 0 Å². The van der Waals surface area contributed by atoms with Gasteiger partial charge in [0.15, 0.2) is 0 Å². The molecule has 0 radical (unpaired) electrons. The van der Waals surface area contributed by atoms with Crippen LogP contribution >= 0.6 is 0 Å². The number of rotatable bonds is 6. The highest BCUT2D eigenvalue weighted by atomic mass is 16.5. The second-order valence-corrected chi connectivity index (χ2v) is 5.29. The molecule has 2 aromatic rings. The van der Waals surface area contributed by atoms with Crippen LogP contribution in [-0.4, -0.2) is 24.8 Å². The maximum absolute atomic E-state index is 11.8. The van der Waals surface area contributed by atoms with Gasteiger partial charge < -0.3 is 24.9 Å². The van der Waals surface area contributed by atoms with Gasteiger partial charge in [0.1, 0.15) is 17.3 Å². The summed E-state index contributed by atoms with van der Waals surface area (Å²) >= 11 is 0. The second kappa shape index (κ2) is 7.69. The molecular weight excluding hydrogens is 296 g/mol. The van der Waals surface area contributed by atoms with E-state index in [-0.39, 0.29) is 6.03 Å². The van der Waals surface area contributed by atoms with Crippen molar-refractivity contribution in [2.75, 3.05) is 19.0 Å². The number of aliphatic hydroxyl groups excluding tert-OH is 1. The van der Waals surface area contributed by atoms with Gasteiger partial charge in [-0.2, -0.15) is 0 Å². The Bertz CT molecular complexity index is 666. The van der Waals surface area contributed by atoms with E-state index in [9.17, 15) is 9.90 Å². The molecule has 23 heavy (non-hydrogen) atoms. The summed E-state index contributed by atoms with van der Waals surface area (Å²) in [6, 6.07) is 8.58. The molecule has 0 bridgehead atoms. The Morgan fingerprint density at radius 1 is 1.35 bits per heavy atom. The minimum Gasteiger partial charge on any atom is -0.497 e. The zero-order valence-electron chi connectivity index (χ0n) is 13.6. The molecule has 0 aliphatic heterocycles. The van der Waals surface area contributed by atoms with Gasteiger partial charge in [0, 0.05) is 23.9 Å². The summed E-state index contributed by atoms with van der Waals surface area (Å²) in [6.45, 7) is 4.00. The van der Waals surface area contributed by atoms with Crippen molar-refractivity contribution in [1.29, 1.82) is 0 Å². The van der Waals surface area contributed by atoms with E-state index < -0.39 is 6.10 Å². The largest absolute Gasteiger partial charge is 0.497 e. The molecular formula is C17H22N2O4. The maximum Gasteiger partial charge on any atom is 0.319 e. The standard InChI is InChI=1S/C17H22N2O4/c1-11-9-15(12(2)23-11)16(20)7-8-18-17(21)19-13-5-4-6-14(10-13)22-3/h4-6,9-10,16,20H,7-8H2,1-3H3,(H2,18,19,21). The van der Waals surface area contributed by atoms with Gasteiger partial charge in [0.2, 0.25) is 0 Å². The van der Waals surface area contributed by atoms with Crippen LogP contribution in [0.5, 0.6) is 5.75 Å². The third-order valence-electron chi connectivity index (χ3n) is 3.47. The number of methoxy groups -OCH3 is 1. The van der Waals surface area contributed by atoms with Crippen LogP contribution in [-0.2, 0) is 0 Å². The van der Waals surface area contributed by atoms with Crippen molar-refractivity contribution in [2.45, 2.75) is 26.4 Å². The van der Waals surface area contributed by atoms with Gasteiger partial charge in [-0.05, 0) is 38.5 Å². The fraction of sp³-hybridized carbons (Fsp3) is 0.353. The lowest BCUT2D eigenvalue weighted by Crippen LogP contribution is -2.30. The second-order valence-electron chi connectivity index (χ2n) is 5.29. The first kappa shape index (κ1) is 16.9. The maximum atomic E-state index is 11.8. The molecule has 2 rings (SSSR count). The van der Waals surface area contributed by atoms with E-state index in [1.165, 1.54) is 0 Å². The average Bonchev–Trinajstić information content (AvgIpc) is 2.86. The van der Waals surface area contributed by atoms with Crippen molar-refractivity contribution >= 4 is 11.7 Å². The fourth-order valence-electron chi connectivity index (χ4n) is 2.34. The molecule has 0 saturated carbocycles. The lowest BCUT2D eigenvalue weighted by Gasteiger charge is -2.11. The Hall–Kier alpha value is -2.47. The fourth-order valence-corrected chi connectivity index (χ4v) is 2.34. The number of furan rings is 1. The molecule has 1 aromatic carbocycles. The van der Waals surface area contributed by atoms with Gasteiger partial charge in [-0.1, -0.05) is 6.07 Å². The van der Waals surface area contributed by atoms with E-state index in [1.54, 1.807) is 31.4 Å². The highest BCUT2D eigenvalue weighted by Gasteiger charge is 2.14. The van der Waals surface area contributed by atoms with Gasteiger partial charge >= 0.3 is 6.03 Å². The summed E-state index contributed by atoms with van der Waals surface area (Å²) in [7, 11) is 1.57. The van der Waals surface area contributed by atoms with Crippen molar-refractivity contribution in [1.82, 2.24) is 5.32 Å². The van der Waals surface area contributed by atoms with Crippen molar-refractivity contribution < 1.29 is 19.1 Å². The lowest BCUT2D eigenvalue weighted by molar-refractivity contribution is 0.165. The van der Waals surface area contributed by atoms with Crippen LogP contribution < -0.4 is 15.4 Å². The molecule has 6 heteroatoms. The van der Waals surface area contributed by atoms with E-state index in [0.29, 0.717) is 30.2 Å². The zero-order valence-corrected chi connectivity index (χ0v) is 13.6. The van der Waals surface area contributed by atoms with E-state index in [4.69, 9.17) is 9.15 Å². The third kappa shape index (κ3) is 4.75. The summed E-state index contributed by atoms with van der Waals surface area (Å²) in [5.41, 5.74) is 1.40. The molecule has 6 nitrogen and oxygen atoms in total. The summed E-state index contributed by atoms with van der Waals surface area (Å²) in [5, 5.41) is 15.6. The molecule has 1 unspecified atom stereocenters. The highest BCUT2D eigenvalue weighted by Crippen LogP contribution is 2.23. The number of aliphatic hydroxyl groups is 1. The predicted octanol–water partition coefficient (Wildman–Crippen LogP) is 3.15. The molecule has 0 saturated heterocycles. The Morgan fingerprint density at radius 2 is 2.13 bits per heavy atom. The van der Waals surface area contributed by atoms with E-state index in [2.05, 4.69) is 10.6 Å². The number of carbonyl (C=O) groups excluding carboxylic acids is 1. The predicted molar refractivity (Wildman–Crippen MR) is 87.8 cm³/mol.